The summed E-state index contributed by atoms with van der Waals surface area (Å²) in [5, 5.41) is 3.40. The molecule has 1 saturated heterocycles. The molecule has 1 amide bonds. The Balaban J connectivity index is 1.77. The van der Waals surface area contributed by atoms with Gasteiger partial charge in [-0.1, -0.05) is 24.6 Å². The Morgan fingerprint density at radius 2 is 2.08 bits per heavy atom. The number of carbonyl (C=O) groups excluding carboxylic acids is 1. The summed E-state index contributed by atoms with van der Waals surface area (Å²) in [4.78, 5) is 18.9. The van der Waals surface area contributed by atoms with E-state index < -0.39 is 0 Å². The standard InChI is InChI=1S/C20H25N3O/c1-14-6-7-18(16(3)11-14)22-17-8-9-21-19(12-17)20(24)23-10-4-5-15(2)13-23/h6-9,11-12,15H,4-5,10,13H2,1-3H3,(H,21,22). The van der Waals surface area contributed by atoms with Crippen molar-refractivity contribution in [3.63, 3.8) is 0 Å². The van der Waals surface area contributed by atoms with E-state index in [1.54, 1.807) is 6.20 Å². The van der Waals surface area contributed by atoms with Crippen LogP contribution in [0.1, 0.15) is 41.4 Å². The molecule has 126 valence electrons. The molecule has 24 heavy (non-hydrogen) atoms. The number of likely N-dealkylation sites (tertiary alicyclic amines) is 1. The third-order valence-corrected chi connectivity index (χ3v) is 4.58. The van der Waals surface area contributed by atoms with Gasteiger partial charge in [0, 0.05) is 30.7 Å². The van der Waals surface area contributed by atoms with E-state index >= 15 is 0 Å². The lowest BCUT2D eigenvalue weighted by atomic mass is 10.00. The molecular formula is C20H25N3O. The number of nitrogens with one attached hydrogen (secondary N) is 1. The summed E-state index contributed by atoms with van der Waals surface area (Å²) in [5.74, 6) is 0.602. The van der Waals surface area contributed by atoms with Gasteiger partial charge in [0.05, 0.1) is 0 Å². The fraction of sp³-hybridized carbons (Fsp3) is 0.400. The summed E-state index contributed by atoms with van der Waals surface area (Å²) in [7, 11) is 0. The number of aromatic nitrogens is 1. The summed E-state index contributed by atoms with van der Waals surface area (Å²) >= 11 is 0. The maximum Gasteiger partial charge on any atom is 0.272 e. The van der Waals surface area contributed by atoms with Crippen LogP contribution >= 0.6 is 0 Å². The van der Waals surface area contributed by atoms with E-state index in [4.69, 9.17) is 0 Å². The lowest BCUT2D eigenvalue weighted by Crippen LogP contribution is -2.39. The van der Waals surface area contributed by atoms with Crippen molar-refractivity contribution in [3.8, 4) is 0 Å². The molecule has 0 radical (unpaired) electrons. The number of benzene rings is 1. The van der Waals surface area contributed by atoms with Crippen LogP contribution < -0.4 is 5.32 Å². The number of amides is 1. The predicted molar refractivity (Wildman–Crippen MR) is 97.7 cm³/mol. The minimum absolute atomic E-state index is 0.0332. The minimum Gasteiger partial charge on any atom is -0.355 e. The van der Waals surface area contributed by atoms with Crippen LogP contribution in [-0.4, -0.2) is 28.9 Å². The second-order valence-electron chi connectivity index (χ2n) is 6.87. The third-order valence-electron chi connectivity index (χ3n) is 4.58. The summed E-state index contributed by atoms with van der Waals surface area (Å²) in [6.45, 7) is 8.02. The van der Waals surface area contributed by atoms with Gasteiger partial charge in [0.15, 0.2) is 0 Å². The Morgan fingerprint density at radius 1 is 1.25 bits per heavy atom. The van der Waals surface area contributed by atoms with Gasteiger partial charge in [-0.3, -0.25) is 9.78 Å². The van der Waals surface area contributed by atoms with Gasteiger partial charge in [-0.05, 0) is 56.4 Å². The van der Waals surface area contributed by atoms with E-state index in [9.17, 15) is 4.79 Å². The van der Waals surface area contributed by atoms with Gasteiger partial charge < -0.3 is 10.2 Å². The molecule has 0 saturated carbocycles. The summed E-state index contributed by atoms with van der Waals surface area (Å²) in [6, 6.07) is 10.0. The van der Waals surface area contributed by atoms with Gasteiger partial charge >= 0.3 is 0 Å². The van der Waals surface area contributed by atoms with Crippen LogP contribution in [0.4, 0.5) is 11.4 Å². The maximum absolute atomic E-state index is 12.7. The molecule has 1 aliphatic heterocycles. The van der Waals surface area contributed by atoms with Crippen molar-refractivity contribution >= 4 is 17.3 Å². The van der Waals surface area contributed by atoms with Crippen molar-refractivity contribution in [1.82, 2.24) is 9.88 Å². The fourth-order valence-electron chi connectivity index (χ4n) is 3.27. The first-order valence-corrected chi connectivity index (χ1v) is 8.62. The zero-order chi connectivity index (χ0) is 17.1. The smallest absolute Gasteiger partial charge is 0.272 e. The summed E-state index contributed by atoms with van der Waals surface area (Å²) in [6.07, 6.45) is 3.98. The summed E-state index contributed by atoms with van der Waals surface area (Å²) < 4.78 is 0. The van der Waals surface area contributed by atoms with Crippen LogP contribution in [0.15, 0.2) is 36.5 Å². The van der Waals surface area contributed by atoms with Crippen LogP contribution in [0.5, 0.6) is 0 Å². The van der Waals surface area contributed by atoms with E-state index in [0.29, 0.717) is 11.6 Å². The first-order chi connectivity index (χ1) is 11.5. The van der Waals surface area contributed by atoms with E-state index in [1.165, 1.54) is 17.5 Å². The zero-order valence-electron chi connectivity index (χ0n) is 14.7. The Kier molecular flexibility index (Phi) is 4.84. The van der Waals surface area contributed by atoms with Crippen LogP contribution in [0.3, 0.4) is 0 Å². The van der Waals surface area contributed by atoms with Gasteiger partial charge in [0.25, 0.3) is 5.91 Å². The molecule has 1 atom stereocenters. The van der Waals surface area contributed by atoms with Crippen molar-refractivity contribution < 1.29 is 4.79 Å². The first-order valence-electron chi connectivity index (χ1n) is 8.62. The highest BCUT2D eigenvalue weighted by Gasteiger charge is 2.23. The molecule has 1 unspecified atom stereocenters. The molecule has 1 aliphatic rings. The molecule has 4 heteroatoms. The van der Waals surface area contributed by atoms with E-state index in [-0.39, 0.29) is 5.91 Å². The van der Waals surface area contributed by atoms with Crippen LogP contribution in [-0.2, 0) is 0 Å². The van der Waals surface area contributed by atoms with Crippen LogP contribution in [0.2, 0.25) is 0 Å². The minimum atomic E-state index is 0.0332. The largest absolute Gasteiger partial charge is 0.355 e. The quantitative estimate of drug-likeness (QED) is 0.915. The first kappa shape index (κ1) is 16.5. The number of anilines is 2. The molecule has 1 N–H and O–H groups in total. The number of pyridine rings is 1. The second kappa shape index (κ2) is 7.04. The van der Waals surface area contributed by atoms with E-state index in [1.807, 2.05) is 17.0 Å². The maximum atomic E-state index is 12.7. The second-order valence-corrected chi connectivity index (χ2v) is 6.87. The fourth-order valence-corrected chi connectivity index (χ4v) is 3.27. The molecule has 3 rings (SSSR count). The predicted octanol–water partition coefficient (Wildman–Crippen LogP) is 4.31. The molecular weight excluding hydrogens is 298 g/mol. The van der Waals surface area contributed by atoms with E-state index in [2.05, 4.69) is 49.3 Å². The normalized spacial score (nSPS) is 17.6. The van der Waals surface area contributed by atoms with Gasteiger partial charge in [-0.2, -0.15) is 0 Å². The van der Waals surface area contributed by atoms with Crippen molar-refractivity contribution in [2.45, 2.75) is 33.6 Å². The molecule has 1 aromatic heterocycles. The van der Waals surface area contributed by atoms with E-state index in [0.717, 1.165) is 30.9 Å². The number of hydrogen-bond donors (Lipinski definition) is 1. The Hall–Kier alpha value is -2.36. The molecule has 0 aliphatic carbocycles. The molecule has 0 bridgehead atoms. The monoisotopic (exact) mass is 323 g/mol. The molecule has 0 spiro atoms. The SMILES string of the molecule is Cc1ccc(Nc2ccnc(C(=O)N3CCCC(C)C3)c2)c(C)c1. The molecule has 1 fully saturated rings. The Bertz CT molecular complexity index is 741. The average Bonchev–Trinajstić information content (AvgIpc) is 2.57. The van der Waals surface area contributed by atoms with Gasteiger partial charge in [0.1, 0.15) is 5.69 Å². The van der Waals surface area contributed by atoms with Gasteiger partial charge in [0.2, 0.25) is 0 Å². The van der Waals surface area contributed by atoms with Crippen molar-refractivity contribution in [2.75, 3.05) is 18.4 Å². The van der Waals surface area contributed by atoms with Gasteiger partial charge in [-0.15, -0.1) is 0 Å². The number of hydrogen-bond acceptors (Lipinski definition) is 3. The number of carbonyl (C=O) groups is 1. The third kappa shape index (κ3) is 3.75. The van der Waals surface area contributed by atoms with Crippen molar-refractivity contribution in [3.05, 3.63) is 53.3 Å². The highest BCUT2D eigenvalue weighted by Crippen LogP contribution is 2.23. The topological polar surface area (TPSA) is 45.2 Å². The highest BCUT2D eigenvalue weighted by molar-refractivity contribution is 5.93. The highest BCUT2D eigenvalue weighted by atomic mass is 16.2. The molecule has 4 nitrogen and oxygen atoms in total. The lowest BCUT2D eigenvalue weighted by Gasteiger charge is -2.30. The summed E-state index contributed by atoms with van der Waals surface area (Å²) in [5.41, 5.74) is 4.88. The lowest BCUT2D eigenvalue weighted by molar-refractivity contribution is 0.0677. The van der Waals surface area contributed by atoms with Gasteiger partial charge in [-0.25, -0.2) is 0 Å². The molecule has 1 aromatic carbocycles. The number of nitrogens with zero attached hydrogens (tertiary/aromatic N) is 2. The van der Waals surface area contributed by atoms with Crippen molar-refractivity contribution in [2.24, 2.45) is 5.92 Å². The Labute approximate surface area is 143 Å². The molecule has 2 aromatic rings. The average molecular weight is 323 g/mol. The van der Waals surface area contributed by atoms with Crippen LogP contribution in [0, 0.1) is 19.8 Å². The number of aryl methyl sites for hydroxylation is 2. The molecule has 2 heterocycles. The number of rotatable bonds is 3. The van der Waals surface area contributed by atoms with Crippen molar-refractivity contribution in [1.29, 1.82) is 0 Å². The zero-order valence-corrected chi connectivity index (χ0v) is 14.7. The Morgan fingerprint density at radius 3 is 2.83 bits per heavy atom. The van der Waals surface area contributed by atoms with Crippen LogP contribution in [0.25, 0.3) is 0 Å². The number of piperidine rings is 1.